The Balaban J connectivity index is 1.41. The molecular weight excluding hydrogens is 274 g/mol. The Hall–Kier alpha value is -1.35. The van der Waals surface area contributed by atoms with Crippen LogP contribution < -0.4 is 0 Å². The average molecular weight is 301 g/mol. The number of benzene rings is 1. The fraction of sp³-hybridized carbons (Fsp3) is 0.632. The zero-order valence-electron chi connectivity index (χ0n) is 13.4. The molecule has 2 fully saturated rings. The highest BCUT2D eigenvalue weighted by molar-refractivity contribution is 5.79. The van der Waals surface area contributed by atoms with Gasteiger partial charge >= 0.3 is 0 Å². The number of rotatable bonds is 4. The zero-order valence-corrected chi connectivity index (χ0v) is 13.4. The van der Waals surface area contributed by atoms with Crippen molar-refractivity contribution in [3.8, 4) is 0 Å². The summed E-state index contributed by atoms with van der Waals surface area (Å²) < 4.78 is 6.00. The normalized spacial score (nSPS) is 21.0. The van der Waals surface area contributed by atoms with Gasteiger partial charge < -0.3 is 9.64 Å². The van der Waals surface area contributed by atoms with Crippen LogP contribution >= 0.6 is 0 Å². The maximum Gasteiger partial charge on any atom is 0.225 e. The van der Waals surface area contributed by atoms with Crippen LogP contribution in [-0.2, 0) is 16.1 Å². The number of ether oxygens (including phenoxy) is 1. The van der Waals surface area contributed by atoms with Crippen LogP contribution in [0.25, 0.3) is 0 Å². The fourth-order valence-corrected chi connectivity index (χ4v) is 3.64. The SMILES string of the molecule is O=C(C1CCCCC1)N1CCC(OCc2ccccc2)CC1. The summed E-state index contributed by atoms with van der Waals surface area (Å²) in [5.41, 5.74) is 1.23. The van der Waals surface area contributed by atoms with Gasteiger partial charge in [-0.05, 0) is 31.2 Å². The molecule has 1 saturated heterocycles. The first-order valence-corrected chi connectivity index (χ1v) is 8.77. The van der Waals surface area contributed by atoms with Crippen molar-refractivity contribution in [1.29, 1.82) is 0 Å². The maximum atomic E-state index is 12.5. The second kappa shape index (κ2) is 7.77. The van der Waals surface area contributed by atoms with Crippen LogP contribution in [-0.4, -0.2) is 30.0 Å². The van der Waals surface area contributed by atoms with Gasteiger partial charge in [0, 0.05) is 19.0 Å². The Labute approximate surface area is 133 Å². The summed E-state index contributed by atoms with van der Waals surface area (Å²) in [6, 6.07) is 10.3. The Morgan fingerprint density at radius 2 is 1.68 bits per heavy atom. The molecule has 0 bridgehead atoms. The molecule has 0 N–H and O–H groups in total. The van der Waals surface area contributed by atoms with E-state index in [9.17, 15) is 4.79 Å². The van der Waals surface area contributed by atoms with Crippen LogP contribution in [0, 0.1) is 5.92 Å². The highest BCUT2D eigenvalue weighted by Gasteiger charge is 2.29. The lowest BCUT2D eigenvalue weighted by Gasteiger charge is -2.35. The van der Waals surface area contributed by atoms with Gasteiger partial charge in [0.25, 0.3) is 0 Å². The second-order valence-electron chi connectivity index (χ2n) is 6.66. The molecule has 3 rings (SSSR count). The number of hydrogen-bond donors (Lipinski definition) is 0. The molecule has 2 aliphatic rings. The van der Waals surface area contributed by atoms with E-state index in [0.29, 0.717) is 24.5 Å². The summed E-state index contributed by atoms with van der Waals surface area (Å²) in [5.74, 6) is 0.705. The monoisotopic (exact) mass is 301 g/mol. The number of amides is 1. The zero-order chi connectivity index (χ0) is 15.2. The van der Waals surface area contributed by atoms with Crippen molar-refractivity contribution in [1.82, 2.24) is 4.90 Å². The smallest absolute Gasteiger partial charge is 0.225 e. The molecule has 3 nitrogen and oxygen atoms in total. The Morgan fingerprint density at radius 3 is 2.36 bits per heavy atom. The van der Waals surface area contributed by atoms with E-state index in [1.165, 1.54) is 24.8 Å². The van der Waals surface area contributed by atoms with Crippen molar-refractivity contribution >= 4 is 5.91 Å². The third kappa shape index (κ3) is 4.10. The highest BCUT2D eigenvalue weighted by Crippen LogP contribution is 2.27. The summed E-state index contributed by atoms with van der Waals surface area (Å²) in [6.45, 7) is 2.42. The summed E-state index contributed by atoms with van der Waals surface area (Å²) in [4.78, 5) is 14.6. The van der Waals surface area contributed by atoms with E-state index in [1.54, 1.807) is 0 Å². The van der Waals surface area contributed by atoms with Crippen molar-refractivity contribution in [2.24, 2.45) is 5.92 Å². The van der Waals surface area contributed by atoms with E-state index in [0.717, 1.165) is 38.8 Å². The third-order valence-electron chi connectivity index (χ3n) is 5.04. The maximum absolute atomic E-state index is 12.5. The van der Waals surface area contributed by atoms with Crippen molar-refractivity contribution in [3.05, 3.63) is 35.9 Å². The lowest BCUT2D eigenvalue weighted by Crippen LogP contribution is -2.44. The average Bonchev–Trinajstić information content (AvgIpc) is 2.61. The lowest BCUT2D eigenvalue weighted by molar-refractivity contribution is -0.139. The van der Waals surface area contributed by atoms with Crippen LogP contribution in [0.5, 0.6) is 0 Å². The quantitative estimate of drug-likeness (QED) is 0.847. The number of hydrogen-bond acceptors (Lipinski definition) is 2. The molecule has 1 aromatic carbocycles. The number of carbonyl (C=O) groups is 1. The molecule has 0 aromatic heterocycles. The molecule has 1 aromatic rings. The number of piperidine rings is 1. The molecule has 0 unspecified atom stereocenters. The number of likely N-dealkylation sites (tertiary alicyclic amines) is 1. The van der Waals surface area contributed by atoms with Crippen molar-refractivity contribution in [2.75, 3.05) is 13.1 Å². The molecule has 1 aliphatic carbocycles. The van der Waals surface area contributed by atoms with Crippen LogP contribution in [0.15, 0.2) is 30.3 Å². The van der Waals surface area contributed by atoms with E-state index in [2.05, 4.69) is 17.0 Å². The van der Waals surface area contributed by atoms with Gasteiger partial charge in [-0.1, -0.05) is 49.6 Å². The largest absolute Gasteiger partial charge is 0.373 e. The van der Waals surface area contributed by atoms with Crippen molar-refractivity contribution in [3.63, 3.8) is 0 Å². The summed E-state index contributed by atoms with van der Waals surface area (Å²) in [5, 5.41) is 0. The summed E-state index contributed by atoms with van der Waals surface area (Å²) in [6.07, 6.45) is 8.22. The van der Waals surface area contributed by atoms with Crippen molar-refractivity contribution in [2.45, 2.75) is 57.7 Å². The highest BCUT2D eigenvalue weighted by atomic mass is 16.5. The minimum atomic E-state index is 0.301. The standard InChI is InChI=1S/C19H27NO2/c21-19(17-9-5-2-6-10-17)20-13-11-18(12-14-20)22-15-16-7-3-1-4-8-16/h1,3-4,7-8,17-18H,2,5-6,9-15H2. The molecule has 1 aliphatic heterocycles. The van der Waals surface area contributed by atoms with Gasteiger partial charge in [0.15, 0.2) is 0 Å². The van der Waals surface area contributed by atoms with Gasteiger partial charge in [-0.3, -0.25) is 4.79 Å². The van der Waals surface area contributed by atoms with E-state index < -0.39 is 0 Å². The molecule has 22 heavy (non-hydrogen) atoms. The van der Waals surface area contributed by atoms with Crippen molar-refractivity contribution < 1.29 is 9.53 Å². The van der Waals surface area contributed by atoms with E-state index in [-0.39, 0.29) is 0 Å². The minimum Gasteiger partial charge on any atom is -0.373 e. The van der Waals surface area contributed by atoms with Gasteiger partial charge in [0.2, 0.25) is 5.91 Å². The van der Waals surface area contributed by atoms with Crippen LogP contribution in [0.4, 0.5) is 0 Å². The first-order chi connectivity index (χ1) is 10.8. The molecule has 1 heterocycles. The lowest BCUT2D eigenvalue weighted by atomic mass is 9.88. The molecular formula is C19H27NO2. The van der Waals surface area contributed by atoms with E-state index in [1.807, 2.05) is 18.2 Å². The Kier molecular flexibility index (Phi) is 5.49. The van der Waals surface area contributed by atoms with Crippen LogP contribution in [0.3, 0.4) is 0 Å². The molecule has 1 amide bonds. The predicted molar refractivity (Wildman–Crippen MR) is 87.4 cm³/mol. The molecule has 0 spiro atoms. The Bertz CT molecular complexity index is 460. The fourth-order valence-electron chi connectivity index (χ4n) is 3.64. The second-order valence-corrected chi connectivity index (χ2v) is 6.66. The topological polar surface area (TPSA) is 29.5 Å². The minimum absolute atomic E-state index is 0.301. The molecule has 0 radical (unpaired) electrons. The van der Waals surface area contributed by atoms with Gasteiger partial charge in [-0.2, -0.15) is 0 Å². The summed E-state index contributed by atoms with van der Waals surface area (Å²) in [7, 11) is 0. The first kappa shape index (κ1) is 15.5. The van der Waals surface area contributed by atoms with Gasteiger partial charge in [-0.25, -0.2) is 0 Å². The van der Waals surface area contributed by atoms with E-state index >= 15 is 0 Å². The first-order valence-electron chi connectivity index (χ1n) is 8.77. The van der Waals surface area contributed by atoms with Gasteiger partial charge in [-0.15, -0.1) is 0 Å². The molecule has 0 atom stereocenters. The molecule has 1 saturated carbocycles. The number of nitrogens with zero attached hydrogens (tertiary/aromatic N) is 1. The van der Waals surface area contributed by atoms with Crippen LogP contribution in [0.1, 0.15) is 50.5 Å². The van der Waals surface area contributed by atoms with E-state index in [4.69, 9.17) is 4.74 Å². The Morgan fingerprint density at radius 1 is 1.00 bits per heavy atom. The predicted octanol–water partition coefficient (Wildman–Crippen LogP) is 3.77. The molecule has 120 valence electrons. The van der Waals surface area contributed by atoms with Gasteiger partial charge in [0.1, 0.15) is 0 Å². The number of carbonyl (C=O) groups excluding carboxylic acids is 1. The van der Waals surface area contributed by atoms with Crippen LogP contribution in [0.2, 0.25) is 0 Å². The summed E-state index contributed by atoms with van der Waals surface area (Å²) >= 11 is 0. The third-order valence-corrected chi connectivity index (χ3v) is 5.04. The van der Waals surface area contributed by atoms with Gasteiger partial charge in [0.05, 0.1) is 12.7 Å². The molecule has 3 heteroatoms.